The van der Waals surface area contributed by atoms with E-state index in [0.717, 1.165) is 103 Å². The summed E-state index contributed by atoms with van der Waals surface area (Å²) in [5.74, 6) is -1.48. The number of carbonyl (C=O) groups is 3. The molecule has 0 bridgehead atoms. The van der Waals surface area contributed by atoms with Gasteiger partial charge in [0.2, 0.25) is 5.91 Å². The second kappa shape index (κ2) is 37.5. The second-order valence-electron chi connectivity index (χ2n) is 21.5. The number of esters is 2. The molecule has 1 aliphatic rings. The van der Waals surface area contributed by atoms with Crippen molar-refractivity contribution in [2.45, 2.75) is 269 Å². The average molecular weight is 1060 g/mol. The van der Waals surface area contributed by atoms with Crippen LogP contribution in [-0.4, -0.2) is 88.8 Å². The maximum Gasteiger partial charge on any atom is 0.397 e. The topological polar surface area (TPSA) is 173 Å². The lowest BCUT2D eigenvalue weighted by Gasteiger charge is -2.46. The Bertz CT molecular complexity index is 1860. The quantitative estimate of drug-likeness (QED) is 0.0280. The van der Waals surface area contributed by atoms with Crippen LogP contribution in [0, 0.1) is 0 Å². The summed E-state index contributed by atoms with van der Waals surface area (Å²) in [6, 6.07) is 19.8. The number of unbranched alkanes of at least 4 members (excludes halogenated alkanes) is 20. The molecular formula is C58H97NO12SSi. The minimum atomic E-state index is -5.13. The summed E-state index contributed by atoms with van der Waals surface area (Å²) in [7, 11) is -7.08. The number of rotatable bonds is 41. The van der Waals surface area contributed by atoms with Gasteiger partial charge in [-0.25, -0.2) is 4.18 Å². The maximum atomic E-state index is 14.3. The van der Waals surface area contributed by atoms with Gasteiger partial charge in [-0.05, 0) is 96.4 Å². The van der Waals surface area contributed by atoms with Crippen molar-refractivity contribution in [2.75, 3.05) is 6.61 Å². The number of carbonyl (C=O) groups excluding carboxylic acids is 3. The zero-order chi connectivity index (χ0) is 53.2. The molecule has 1 saturated heterocycles. The van der Waals surface area contributed by atoms with Crippen LogP contribution in [0.25, 0.3) is 0 Å². The van der Waals surface area contributed by atoms with E-state index in [1.807, 2.05) is 46.0 Å². The van der Waals surface area contributed by atoms with Crippen LogP contribution in [0.15, 0.2) is 60.7 Å². The average Bonchev–Trinajstić information content (AvgIpc) is 3.33. The van der Waals surface area contributed by atoms with Gasteiger partial charge in [-0.1, -0.05) is 183 Å². The zero-order valence-corrected chi connectivity index (χ0v) is 47.8. The van der Waals surface area contributed by atoms with E-state index in [4.69, 9.17) is 27.6 Å². The predicted molar refractivity (Wildman–Crippen MR) is 293 cm³/mol. The van der Waals surface area contributed by atoms with Crippen molar-refractivity contribution in [3.8, 4) is 0 Å². The molecule has 1 amide bonds. The Hall–Kier alpha value is -3.18. The summed E-state index contributed by atoms with van der Waals surface area (Å²) < 4.78 is 71.3. The van der Waals surface area contributed by atoms with Crippen LogP contribution in [-0.2, 0) is 65.2 Å². The largest absolute Gasteiger partial charge is 0.462 e. The number of benzene rings is 2. The fourth-order valence-corrected chi connectivity index (χ4v) is 10.6. The van der Waals surface area contributed by atoms with Gasteiger partial charge in [-0.3, -0.25) is 18.9 Å². The highest BCUT2D eigenvalue weighted by atomic mass is 32.3. The summed E-state index contributed by atoms with van der Waals surface area (Å²) in [5.41, 5.74) is 2.03. The first-order valence-corrected chi connectivity index (χ1v) is 32.5. The van der Waals surface area contributed by atoms with Gasteiger partial charge in [-0.2, -0.15) is 8.42 Å². The molecule has 0 spiro atoms. The Labute approximate surface area is 443 Å². The van der Waals surface area contributed by atoms with Crippen molar-refractivity contribution in [3.05, 3.63) is 71.8 Å². The van der Waals surface area contributed by atoms with Gasteiger partial charge in [-0.15, -0.1) is 0 Å². The van der Waals surface area contributed by atoms with Crippen molar-refractivity contribution in [1.29, 1.82) is 0 Å². The molecule has 2 aromatic rings. The molecule has 1 heterocycles. The van der Waals surface area contributed by atoms with Crippen LogP contribution in [0.2, 0.25) is 13.1 Å². The van der Waals surface area contributed by atoms with E-state index in [-0.39, 0.29) is 31.8 Å². The fourth-order valence-electron chi connectivity index (χ4n) is 9.35. The van der Waals surface area contributed by atoms with Crippen LogP contribution in [0.1, 0.15) is 212 Å². The molecule has 1 aliphatic heterocycles. The van der Waals surface area contributed by atoms with Gasteiger partial charge in [0.15, 0.2) is 21.4 Å². The van der Waals surface area contributed by atoms with Gasteiger partial charge in [0.05, 0.1) is 18.6 Å². The summed E-state index contributed by atoms with van der Waals surface area (Å²) in [4.78, 5) is 41.4. The van der Waals surface area contributed by atoms with E-state index in [1.54, 1.807) is 0 Å². The number of hydrogen-bond donors (Lipinski definition) is 2. The molecule has 13 nitrogen and oxygen atoms in total. The van der Waals surface area contributed by atoms with Gasteiger partial charge in [0, 0.05) is 12.8 Å². The molecule has 2 unspecified atom stereocenters. The van der Waals surface area contributed by atoms with Crippen molar-refractivity contribution in [2.24, 2.45) is 0 Å². The molecule has 416 valence electrons. The SMILES string of the molecule is CCCCCCCCCCCC(CC(=O)N[C@H]1C(O[SiH](C)C)O[C@H](COC(C)(C)C)[C@@H](OS(=O)(=O)O)[C@@H]1OC(=O)CCCCCCCCCc1ccccc1)OC(=O)CCCCCCCCCc1ccccc1. The normalized spacial score (nSPS) is 18.7. The van der Waals surface area contributed by atoms with E-state index in [2.05, 4.69) is 60.8 Å². The molecule has 0 aliphatic carbocycles. The maximum absolute atomic E-state index is 14.3. The van der Waals surface area contributed by atoms with E-state index in [9.17, 15) is 27.4 Å². The molecule has 15 heteroatoms. The van der Waals surface area contributed by atoms with Gasteiger partial charge >= 0.3 is 22.3 Å². The molecule has 1 fully saturated rings. The van der Waals surface area contributed by atoms with Gasteiger partial charge < -0.3 is 28.7 Å². The van der Waals surface area contributed by atoms with Crippen molar-refractivity contribution >= 4 is 37.3 Å². The number of amides is 1. The lowest BCUT2D eigenvalue weighted by Crippen LogP contribution is -2.67. The number of aryl methyl sites for hydroxylation is 2. The Morgan fingerprint density at radius 2 is 1.12 bits per heavy atom. The third-order valence-electron chi connectivity index (χ3n) is 13.3. The Kier molecular flexibility index (Phi) is 33.0. The van der Waals surface area contributed by atoms with Crippen molar-refractivity contribution in [3.63, 3.8) is 0 Å². The molecule has 3 rings (SSSR count). The Morgan fingerprint density at radius 1 is 0.658 bits per heavy atom. The first-order chi connectivity index (χ1) is 35.0. The molecule has 0 aromatic heterocycles. The molecule has 0 saturated carbocycles. The second-order valence-corrected chi connectivity index (χ2v) is 25.0. The minimum absolute atomic E-state index is 0.0454. The third kappa shape index (κ3) is 31.5. The molecule has 0 radical (unpaired) electrons. The first kappa shape index (κ1) is 64.1. The monoisotopic (exact) mass is 1060 g/mol. The molecular weight excluding hydrogens is 963 g/mol. The predicted octanol–water partition coefficient (Wildman–Crippen LogP) is 13.1. The third-order valence-corrected chi connectivity index (χ3v) is 14.6. The van der Waals surface area contributed by atoms with Crippen LogP contribution in [0.3, 0.4) is 0 Å². The van der Waals surface area contributed by atoms with Gasteiger partial charge in [0.25, 0.3) is 0 Å². The van der Waals surface area contributed by atoms with E-state index < -0.39 is 73.7 Å². The van der Waals surface area contributed by atoms with E-state index >= 15 is 0 Å². The number of hydrogen-bond acceptors (Lipinski definition) is 11. The summed E-state index contributed by atoms with van der Waals surface area (Å²) in [6.07, 6.45) is 20.6. The highest BCUT2D eigenvalue weighted by Crippen LogP contribution is 2.31. The molecule has 2 aromatic carbocycles. The molecule has 2 N–H and O–H groups in total. The summed E-state index contributed by atoms with van der Waals surface area (Å²) >= 11 is 0. The summed E-state index contributed by atoms with van der Waals surface area (Å²) in [5, 5.41) is 2.95. The molecule has 73 heavy (non-hydrogen) atoms. The van der Waals surface area contributed by atoms with Crippen LogP contribution in [0.4, 0.5) is 0 Å². The van der Waals surface area contributed by atoms with Crippen molar-refractivity contribution < 1.29 is 54.9 Å². The van der Waals surface area contributed by atoms with Crippen molar-refractivity contribution in [1.82, 2.24) is 5.32 Å². The smallest absolute Gasteiger partial charge is 0.397 e. The Balaban J connectivity index is 1.69. The number of nitrogens with one attached hydrogen (secondary N) is 1. The molecule has 6 atom stereocenters. The highest BCUT2D eigenvalue weighted by molar-refractivity contribution is 7.80. The van der Waals surface area contributed by atoms with Crippen LogP contribution >= 0.6 is 0 Å². The lowest BCUT2D eigenvalue weighted by molar-refractivity contribution is -0.254. The van der Waals surface area contributed by atoms with Crippen LogP contribution in [0.5, 0.6) is 0 Å². The van der Waals surface area contributed by atoms with E-state index in [1.165, 1.54) is 56.1 Å². The minimum Gasteiger partial charge on any atom is -0.462 e. The van der Waals surface area contributed by atoms with E-state index in [0.29, 0.717) is 19.3 Å². The zero-order valence-electron chi connectivity index (χ0n) is 45.9. The highest BCUT2D eigenvalue weighted by Gasteiger charge is 2.52. The number of ether oxygens (including phenoxy) is 4. The van der Waals surface area contributed by atoms with Crippen LogP contribution < -0.4 is 5.32 Å². The summed E-state index contributed by atoms with van der Waals surface area (Å²) in [6.45, 7) is 11.3. The van der Waals surface area contributed by atoms with Gasteiger partial charge in [0.1, 0.15) is 24.4 Å². The lowest BCUT2D eigenvalue weighted by atomic mass is 9.96. The fraction of sp³-hybridized carbons (Fsp3) is 0.741. The first-order valence-electron chi connectivity index (χ1n) is 28.4. The Morgan fingerprint density at radius 3 is 1.60 bits per heavy atom. The standard InChI is InChI=1S/C58H97NO12SSi/c1-7-8-9-10-11-12-17-22-33-42-49(67-52(61)43-34-23-18-13-15-20-27-36-47-38-29-25-30-39-47)45-51(60)59-54-56(69-53(62)44-35-24-19-14-16-21-28-37-48-40-31-26-32-41-48)55(70-72(63,64)65)50(46-66-58(2,3)4)68-57(54)71-73(5)6/h25-26,29-32,38-41,49-50,54-57,73H,7-24,27-28,33-37,42-46H2,1-6H3,(H,59,60)(H,63,64,65)/t49?,50-,54-,55-,56-,57?/m1/s1.